The Morgan fingerprint density at radius 2 is 2.13 bits per heavy atom. The lowest BCUT2D eigenvalue weighted by Gasteiger charge is -2.36. The van der Waals surface area contributed by atoms with Crippen LogP contribution in [-0.4, -0.2) is 34.9 Å². The maximum Gasteiger partial charge on any atom is 0.133 e. The third-order valence-electron chi connectivity index (χ3n) is 4.73. The van der Waals surface area contributed by atoms with Crippen molar-refractivity contribution in [3.05, 3.63) is 47.3 Å². The van der Waals surface area contributed by atoms with Crippen LogP contribution in [0.25, 0.3) is 0 Å². The highest BCUT2D eigenvalue weighted by Crippen LogP contribution is 2.36. The summed E-state index contributed by atoms with van der Waals surface area (Å²) in [6.45, 7) is 5.45. The fourth-order valence-electron chi connectivity index (χ4n) is 3.47. The number of aryl methyl sites for hydroxylation is 1. The van der Waals surface area contributed by atoms with E-state index in [1.54, 1.807) is 7.11 Å². The fourth-order valence-corrected chi connectivity index (χ4v) is 3.47. The van der Waals surface area contributed by atoms with Gasteiger partial charge in [-0.2, -0.15) is 0 Å². The first-order valence-electron chi connectivity index (χ1n) is 8.04. The Bertz CT molecular complexity index is 649. The van der Waals surface area contributed by atoms with Crippen LogP contribution in [0.2, 0.25) is 0 Å². The van der Waals surface area contributed by atoms with E-state index in [-0.39, 0.29) is 6.04 Å². The van der Waals surface area contributed by atoms with E-state index in [1.165, 1.54) is 0 Å². The third-order valence-corrected chi connectivity index (χ3v) is 4.73. The molecule has 5 heteroatoms. The minimum atomic E-state index is -0.915. The Morgan fingerprint density at radius 3 is 2.74 bits per heavy atom. The number of benzene rings is 1. The highest BCUT2D eigenvalue weighted by atomic mass is 16.5. The standard InChI is InChI=1S/C18H24N2O3/c1-13-11-15(19-23-13)12-20-10-4-5-17(20)18(2,21)14-6-8-16(22-3)9-7-14/h6-9,11,17,21H,4-5,10,12H2,1-3H3. The van der Waals surface area contributed by atoms with Crippen molar-refractivity contribution in [2.24, 2.45) is 0 Å². The zero-order valence-electron chi connectivity index (χ0n) is 14.0. The van der Waals surface area contributed by atoms with Gasteiger partial charge in [0.05, 0.1) is 12.8 Å². The van der Waals surface area contributed by atoms with Crippen molar-refractivity contribution < 1.29 is 14.4 Å². The summed E-state index contributed by atoms with van der Waals surface area (Å²) in [6, 6.07) is 9.68. The molecule has 23 heavy (non-hydrogen) atoms. The molecular formula is C18H24N2O3. The molecule has 0 amide bonds. The number of hydrogen-bond donors (Lipinski definition) is 1. The number of methoxy groups -OCH3 is 1. The molecule has 5 nitrogen and oxygen atoms in total. The van der Waals surface area contributed by atoms with Crippen LogP contribution < -0.4 is 4.74 Å². The van der Waals surface area contributed by atoms with E-state index < -0.39 is 5.60 Å². The summed E-state index contributed by atoms with van der Waals surface area (Å²) < 4.78 is 10.4. The van der Waals surface area contributed by atoms with Gasteiger partial charge in [0.2, 0.25) is 0 Å². The molecule has 2 aromatic rings. The number of aromatic nitrogens is 1. The SMILES string of the molecule is COc1ccc(C(C)(O)C2CCCN2Cc2cc(C)on2)cc1. The van der Waals surface area contributed by atoms with Gasteiger partial charge in [0.1, 0.15) is 17.1 Å². The van der Waals surface area contributed by atoms with Gasteiger partial charge in [-0.3, -0.25) is 4.90 Å². The lowest BCUT2D eigenvalue weighted by atomic mass is 9.86. The van der Waals surface area contributed by atoms with E-state index >= 15 is 0 Å². The molecule has 3 rings (SSSR count). The molecule has 0 saturated carbocycles. The zero-order valence-corrected chi connectivity index (χ0v) is 14.0. The third kappa shape index (κ3) is 3.26. The Morgan fingerprint density at radius 1 is 1.39 bits per heavy atom. The lowest BCUT2D eigenvalue weighted by molar-refractivity contribution is -0.0259. The van der Waals surface area contributed by atoms with Gasteiger partial charge in [-0.05, 0) is 50.9 Å². The maximum absolute atomic E-state index is 11.2. The number of hydrogen-bond acceptors (Lipinski definition) is 5. The van der Waals surface area contributed by atoms with Crippen molar-refractivity contribution >= 4 is 0 Å². The summed E-state index contributed by atoms with van der Waals surface area (Å²) in [5.74, 6) is 1.61. The predicted molar refractivity (Wildman–Crippen MR) is 87.2 cm³/mol. The second-order valence-corrected chi connectivity index (χ2v) is 6.43. The smallest absolute Gasteiger partial charge is 0.133 e. The average molecular weight is 316 g/mol. The van der Waals surface area contributed by atoms with E-state index in [0.717, 1.165) is 42.2 Å². The summed E-state index contributed by atoms with van der Waals surface area (Å²) in [5, 5.41) is 15.3. The monoisotopic (exact) mass is 316 g/mol. The minimum Gasteiger partial charge on any atom is -0.497 e. The molecule has 1 aliphatic rings. The first kappa shape index (κ1) is 16.0. The van der Waals surface area contributed by atoms with Crippen LogP contribution in [0.5, 0.6) is 5.75 Å². The lowest BCUT2D eigenvalue weighted by Crippen LogP contribution is -2.45. The van der Waals surface area contributed by atoms with Crippen LogP contribution in [0.3, 0.4) is 0 Å². The number of rotatable bonds is 5. The quantitative estimate of drug-likeness (QED) is 0.919. The van der Waals surface area contributed by atoms with Crippen molar-refractivity contribution in [2.75, 3.05) is 13.7 Å². The van der Waals surface area contributed by atoms with Gasteiger partial charge >= 0.3 is 0 Å². The average Bonchev–Trinajstić information content (AvgIpc) is 3.17. The van der Waals surface area contributed by atoms with Gasteiger partial charge in [0.15, 0.2) is 0 Å². The molecule has 2 heterocycles. The predicted octanol–water partition coefficient (Wildman–Crippen LogP) is 2.86. The van der Waals surface area contributed by atoms with E-state index in [2.05, 4.69) is 10.1 Å². The van der Waals surface area contributed by atoms with Crippen molar-refractivity contribution in [1.82, 2.24) is 10.1 Å². The molecule has 1 saturated heterocycles. The van der Waals surface area contributed by atoms with Crippen LogP contribution >= 0.6 is 0 Å². The molecule has 0 aliphatic carbocycles. The summed E-state index contributed by atoms with van der Waals surface area (Å²) in [5.41, 5.74) is 0.910. The van der Waals surface area contributed by atoms with Gasteiger partial charge in [0, 0.05) is 18.7 Å². The van der Waals surface area contributed by atoms with Crippen LogP contribution in [0, 0.1) is 6.92 Å². The summed E-state index contributed by atoms with van der Waals surface area (Å²) in [7, 11) is 1.64. The summed E-state index contributed by atoms with van der Waals surface area (Å²) in [6.07, 6.45) is 2.05. The zero-order chi connectivity index (χ0) is 16.4. The van der Waals surface area contributed by atoms with Crippen LogP contribution in [-0.2, 0) is 12.1 Å². The maximum atomic E-state index is 11.2. The molecule has 0 radical (unpaired) electrons. The first-order valence-corrected chi connectivity index (χ1v) is 8.04. The molecular weight excluding hydrogens is 292 g/mol. The number of aliphatic hydroxyl groups is 1. The summed E-state index contributed by atoms with van der Waals surface area (Å²) >= 11 is 0. The van der Waals surface area contributed by atoms with Gasteiger partial charge < -0.3 is 14.4 Å². The van der Waals surface area contributed by atoms with Gasteiger partial charge in [-0.15, -0.1) is 0 Å². The molecule has 0 bridgehead atoms. The van der Waals surface area contributed by atoms with Crippen LogP contribution in [0.4, 0.5) is 0 Å². The molecule has 2 atom stereocenters. The van der Waals surface area contributed by atoms with E-state index in [4.69, 9.17) is 9.26 Å². The molecule has 1 aromatic heterocycles. The number of nitrogens with zero attached hydrogens (tertiary/aromatic N) is 2. The van der Waals surface area contributed by atoms with Gasteiger partial charge in [-0.25, -0.2) is 0 Å². The van der Waals surface area contributed by atoms with Crippen molar-refractivity contribution in [1.29, 1.82) is 0 Å². The van der Waals surface area contributed by atoms with E-state index in [9.17, 15) is 5.11 Å². The van der Waals surface area contributed by atoms with Crippen molar-refractivity contribution in [3.63, 3.8) is 0 Å². The first-order chi connectivity index (χ1) is 11.0. The van der Waals surface area contributed by atoms with Crippen LogP contribution in [0.1, 0.15) is 36.8 Å². The number of likely N-dealkylation sites (tertiary alicyclic amines) is 1. The fraction of sp³-hybridized carbons (Fsp3) is 0.500. The normalized spacial score (nSPS) is 21.3. The largest absolute Gasteiger partial charge is 0.497 e. The van der Waals surface area contributed by atoms with Gasteiger partial charge in [-0.1, -0.05) is 17.3 Å². The second kappa shape index (κ2) is 6.34. The molecule has 1 aromatic carbocycles. The van der Waals surface area contributed by atoms with E-state index in [1.807, 2.05) is 44.2 Å². The molecule has 1 N–H and O–H groups in total. The minimum absolute atomic E-state index is 0.0629. The molecule has 1 fully saturated rings. The molecule has 0 spiro atoms. The topological polar surface area (TPSA) is 58.7 Å². The Balaban J connectivity index is 1.79. The second-order valence-electron chi connectivity index (χ2n) is 6.43. The highest BCUT2D eigenvalue weighted by Gasteiger charge is 2.40. The van der Waals surface area contributed by atoms with Crippen molar-refractivity contribution in [3.8, 4) is 5.75 Å². The van der Waals surface area contributed by atoms with Gasteiger partial charge in [0.25, 0.3) is 0 Å². The van der Waals surface area contributed by atoms with Crippen LogP contribution in [0.15, 0.2) is 34.9 Å². The Hall–Kier alpha value is -1.85. The Kier molecular flexibility index (Phi) is 4.41. The van der Waals surface area contributed by atoms with E-state index in [0.29, 0.717) is 6.54 Å². The van der Waals surface area contributed by atoms with Crippen molar-refractivity contribution in [2.45, 2.75) is 44.9 Å². The molecule has 124 valence electrons. The molecule has 2 unspecified atom stereocenters. The molecule has 1 aliphatic heterocycles. The summed E-state index contributed by atoms with van der Waals surface area (Å²) in [4.78, 5) is 2.29. The highest BCUT2D eigenvalue weighted by molar-refractivity contribution is 5.31. The Labute approximate surface area is 136 Å². The number of ether oxygens (including phenoxy) is 1.